The summed E-state index contributed by atoms with van der Waals surface area (Å²) in [6.45, 7) is 1.71. The van der Waals surface area contributed by atoms with Crippen molar-refractivity contribution in [1.29, 1.82) is 5.41 Å². The first-order chi connectivity index (χ1) is 9.38. The smallest absolute Gasteiger partial charge is 0.450 e. The zero-order chi connectivity index (χ0) is 16.2. The zero-order valence-electron chi connectivity index (χ0n) is 12.2. The van der Waals surface area contributed by atoms with Gasteiger partial charge in [-0.25, -0.2) is 4.79 Å². The van der Waals surface area contributed by atoms with Crippen LogP contribution in [0.25, 0.3) is 0 Å². The van der Waals surface area contributed by atoms with Crippen LogP contribution < -0.4 is 22.9 Å². The van der Waals surface area contributed by atoms with Crippen LogP contribution in [0.1, 0.15) is 51.4 Å². The second-order valence-electron chi connectivity index (χ2n) is 4.14. The van der Waals surface area contributed by atoms with E-state index >= 15 is 0 Å². The van der Waals surface area contributed by atoms with Crippen molar-refractivity contribution in [3.63, 3.8) is 0 Å². The van der Waals surface area contributed by atoms with Crippen LogP contribution in [0.3, 0.4) is 0 Å². The summed E-state index contributed by atoms with van der Waals surface area (Å²) in [4.78, 5) is 8.56. The van der Waals surface area contributed by atoms with E-state index in [4.69, 9.17) is 31.9 Å². The molecule has 0 rings (SSSR count). The molecule has 0 heterocycles. The highest BCUT2D eigenvalue weighted by molar-refractivity contribution is 5.71. The fourth-order valence-corrected chi connectivity index (χ4v) is 1.35. The average Bonchev–Trinajstić information content (AvgIpc) is 2.31. The molecule has 0 saturated heterocycles. The molecule has 8 heteroatoms. The van der Waals surface area contributed by atoms with Crippen LogP contribution in [0.4, 0.5) is 4.79 Å². The highest BCUT2D eigenvalue weighted by atomic mass is 16.6. The summed E-state index contributed by atoms with van der Waals surface area (Å²) in [6.07, 6.45) is 8.67. The third-order valence-corrected chi connectivity index (χ3v) is 2.16. The number of nitrogens with two attached hydrogens (primary N) is 4. The first-order valence-electron chi connectivity index (χ1n) is 6.80. The Morgan fingerprint density at radius 1 is 0.750 bits per heavy atom. The molecule has 0 spiro atoms. The molecular formula is C12H31N5O3. The molecule has 0 amide bonds. The molecule has 0 aliphatic rings. The van der Waals surface area contributed by atoms with E-state index in [1.54, 1.807) is 0 Å². The summed E-state index contributed by atoms with van der Waals surface area (Å²) in [5, 5.41) is 20.0. The van der Waals surface area contributed by atoms with Gasteiger partial charge in [0.05, 0.1) is 0 Å². The molecule has 0 bridgehead atoms. The predicted octanol–water partition coefficient (Wildman–Crippen LogP) is 1.09. The maximum Gasteiger partial charge on any atom is 0.503 e. The van der Waals surface area contributed by atoms with Crippen molar-refractivity contribution in [1.82, 2.24) is 0 Å². The number of guanidine groups is 1. The van der Waals surface area contributed by atoms with Gasteiger partial charge in [-0.1, -0.05) is 38.5 Å². The van der Waals surface area contributed by atoms with Gasteiger partial charge in [0.2, 0.25) is 0 Å². The summed E-state index contributed by atoms with van der Waals surface area (Å²) in [7, 11) is 0. The SMILES string of the molecule is N=C(N)N.NCCCCCCCCCCN.O=C(O)O. The van der Waals surface area contributed by atoms with Gasteiger partial charge in [0.15, 0.2) is 5.96 Å². The summed E-state index contributed by atoms with van der Waals surface area (Å²) < 4.78 is 0. The van der Waals surface area contributed by atoms with Gasteiger partial charge < -0.3 is 33.1 Å². The van der Waals surface area contributed by atoms with Gasteiger partial charge in [-0.15, -0.1) is 0 Å². The molecule has 0 aliphatic carbocycles. The minimum Gasteiger partial charge on any atom is -0.450 e. The van der Waals surface area contributed by atoms with Gasteiger partial charge in [-0.3, -0.25) is 5.41 Å². The topological polar surface area (TPSA) is 185 Å². The molecule has 0 fully saturated rings. The van der Waals surface area contributed by atoms with Crippen LogP contribution in [0.2, 0.25) is 0 Å². The molecule has 0 aromatic carbocycles. The first kappa shape index (κ1) is 23.5. The summed E-state index contributed by atoms with van der Waals surface area (Å²) in [6, 6.07) is 0. The lowest BCUT2D eigenvalue weighted by Crippen LogP contribution is -2.20. The van der Waals surface area contributed by atoms with E-state index < -0.39 is 6.16 Å². The normalized spacial score (nSPS) is 8.70. The van der Waals surface area contributed by atoms with E-state index in [1.807, 2.05) is 0 Å². The highest BCUT2D eigenvalue weighted by Crippen LogP contribution is 2.07. The Morgan fingerprint density at radius 3 is 1.05 bits per heavy atom. The number of nitrogens with one attached hydrogen (secondary N) is 1. The Bertz CT molecular complexity index is 185. The summed E-state index contributed by atoms with van der Waals surface area (Å²) in [5.74, 6) is -0.333. The molecule has 0 aromatic rings. The lowest BCUT2D eigenvalue weighted by atomic mass is 10.1. The van der Waals surface area contributed by atoms with Crippen molar-refractivity contribution in [2.75, 3.05) is 13.1 Å². The monoisotopic (exact) mass is 293 g/mol. The van der Waals surface area contributed by atoms with E-state index in [0.29, 0.717) is 0 Å². The first-order valence-corrected chi connectivity index (χ1v) is 6.80. The van der Waals surface area contributed by atoms with Gasteiger partial charge in [-0.05, 0) is 25.9 Å². The van der Waals surface area contributed by atoms with Crippen LogP contribution in [0.5, 0.6) is 0 Å². The fourth-order valence-electron chi connectivity index (χ4n) is 1.35. The molecule has 0 radical (unpaired) electrons. The maximum atomic E-state index is 8.56. The molecule has 0 aliphatic heterocycles. The van der Waals surface area contributed by atoms with Crippen LogP contribution in [-0.4, -0.2) is 35.4 Å². The number of rotatable bonds is 9. The van der Waals surface area contributed by atoms with Crippen LogP contribution in [-0.2, 0) is 0 Å². The average molecular weight is 293 g/mol. The van der Waals surface area contributed by atoms with Gasteiger partial charge in [-0.2, -0.15) is 0 Å². The standard InChI is InChI=1S/C10H24N2.CH5N3.CH2O3/c11-9-7-5-3-1-2-4-6-8-10-12;2*2-1(3)4/h1-12H2;(H5,2,3,4);(H2,2,3,4). The number of carbonyl (C=O) groups is 1. The van der Waals surface area contributed by atoms with Gasteiger partial charge in [0.1, 0.15) is 0 Å². The third-order valence-electron chi connectivity index (χ3n) is 2.16. The van der Waals surface area contributed by atoms with Gasteiger partial charge in [0, 0.05) is 0 Å². The lowest BCUT2D eigenvalue weighted by Gasteiger charge is -2.00. The second kappa shape index (κ2) is 22.6. The second-order valence-corrected chi connectivity index (χ2v) is 4.14. The van der Waals surface area contributed by atoms with Crippen molar-refractivity contribution in [3.8, 4) is 0 Å². The number of hydrogen-bond acceptors (Lipinski definition) is 4. The minimum atomic E-state index is -1.83. The van der Waals surface area contributed by atoms with Crippen molar-refractivity contribution in [3.05, 3.63) is 0 Å². The fraction of sp³-hybridized carbons (Fsp3) is 0.833. The van der Waals surface area contributed by atoms with Crippen molar-refractivity contribution in [2.24, 2.45) is 22.9 Å². The molecule has 0 unspecified atom stereocenters. The predicted molar refractivity (Wildman–Crippen MR) is 81.8 cm³/mol. The minimum absolute atomic E-state index is 0.333. The van der Waals surface area contributed by atoms with E-state index in [-0.39, 0.29) is 5.96 Å². The summed E-state index contributed by atoms with van der Waals surface area (Å²) in [5.41, 5.74) is 19.7. The number of unbranched alkanes of at least 4 members (excludes halogenated alkanes) is 7. The van der Waals surface area contributed by atoms with E-state index in [1.165, 1.54) is 51.4 Å². The molecule has 0 aromatic heterocycles. The Morgan fingerprint density at radius 2 is 0.900 bits per heavy atom. The third kappa shape index (κ3) is 70.7. The molecule has 20 heavy (non-hydrogen) atoms. The molecular weight excluding hydrogens is 262 g/mol. The Balaban J connectivity index is -0.000000297. The Hall–Kier alpha value is -1.54. The van der Waals surface area contributed by atoms with Crippen molar-refractivity contribution < 1.29 is 15.0 Å². The zero-order valence-corrected chi connectivity index (χ0v) is 12.2. The molecule has 122 valence electrons. The quantitative estimate of drug-likeness (QED) is 0.188. The van der Waals surface area contributed by atoms with E-state index in [9.17, 15) is 0 Å². The van der Waals surface area contributed by atoms with Gasteiger partial charge in [0.25, 0.3) is 0 Å². The summed E-state index contributed by atoms with van der Waals surface area (Å²) >= 11 is 0. The number of carboxylic acid groups (broad SMARTS) is 2. The molecule has 11 N–H and O–H groups in total. The van der Waals surface area contributed by atoms with E-state index in [2.05, 4.69) is 11.5 Å². The van der Waals surface area contributed by atoms with Crippen molar-refractivity contribution in [2.45, 2.75) is 51.4 Å². The molecule has 0 atom stereocenters. The Labute approximate surface area is 121 Å². The Kier molecular flexibility index (Phi) is 26.6. The van der Waals surface area contributed by atoms with Crippen LogP contribution in [0.15, 0.2) is 0 Å². The van der Waals surface area contributed by atoms with Crippen LogP contribution >= 0.6 is 0 Å². The molecule has 0 saturated carbocycles. The maximum absolute atomic E-state index is 8.56. The lowest BCUT2D eigenvalue weighted by molar-refractivity contribution is 0.137. The van der Waals surface area contributed by atoms with E-state index in [0.717, 1.165) is 13.1 Å². The number of hydrogen-bond donors (Lipinski definition) is 7. The van der Waals surface area contributed by atoms with Gasteiger partial charge >= 0.3 is 6.16 Å². The molecule has 8 nitrogen and oxygen atoms in total. The van der Waals surface area contributed by atoms with Crippen molar-refractivity contribution >= 4 is 12.1 Å². The largest absolute Gasteiger partial charge is 0.503 e. The van der Waals surface area contributed by atoms with Crippen LogP contribution in [0, 0.1) is 5.41 Å². The highest BCUT2D eigenvalue weighted by Gasteiger charge is 1.90.